The molecule has 0 aromatic heterocycles. The Kier molecular flexibility index (Phi) is 7.79. The molecule has 27 heavy (non-hydrogen) atoms. The van der Waals surface area contributed by atoms with E-state index in [9.17, 15) is 0 Å². The van der Waals surface area contributed by atoms with Gasteiger partial charge in [0.2, 0.25) is 0 Å². The molecule has 0 spiro atoms. The Morgan fingerprint density at radius 3 is 1.56 bits per heavy atom. The minimum atomic E-state index is -0.405. The van der Waals surface area contributed by atoms with Crippen LogP contribution in [0.25, 0.3) is 0 Å². The molecule has 1 atom stereocenters. The summed E-state index contributed by atoms with van der Waals surface area (Å²) in [5.74, 6) is 3.53. The first-order chi connectivity index (χ1) is 13.4. The van der Waals surface area contributed by atoms with E-state index in [1.807, 2.05) is 12.2 Å². The number of hydrogen-bond acceptors (Lipinski definition) is 0. The number of rotatable bonds is 8. The van der Waals surface area contributed by atoms with Gasteiger partial charge >= 0.3 is 0 Å². The molecule has 0 saturated carbocycles. The molecular formula is C25H24P2. The molecule has 2 heteroatoms. The molecule has 0 aliphatic heterocycles. The molecule has 0 heterocycles. The van der Waals surface area contributed by atoms with Crippen LogP contribution in [0.1, 0.15) is 0 Å². The summed E-state index contributed by atoms with van der Waals surface area (Å²) in [4.78, 5) is 0. The van der Waals surface area contributed by atoms with E-state index in [1.54, 1.807) is 0 Å². The molecule has 0 N–H and O–H groups in total. The summed E-state index contributed by atoms with van der Waals surface area (Å²) in [5.41, 5.74) is 0. The van der Waals surface area contributed by atoms with Crippen LogP contribution in [0.3, 0.4) is 0 Å². The highest BCUT2D eigenvalue weighted by Gasteiger charge is 2.18. The van der Waals surface area contributed by atoms with Crippen LogP contribution in [0.4, 0.5) is 0 Å². The van der Waals surface area contributed by atoms with Crippen LogP contribution >= 0.6 is 15.8 Å². The molecule has 3 rings (SSSR count). The minimum Gasteiger partial charge on any atom is -0.0991 e. The van der Waals surface area contributed by atoms with Crippen LogP contribution in [0.15, 0.2) is 128 Å². The molecule has 0 saturated heterocycles. The van der Waals surface area contributed by atoms with E-state index in [1.165, 1.54) is 15.9 Å². The normalized spacial score (nSPS) is 12.6. The third-order valence-corrected chi connectivity index (χ3v) is 9.83. The van der Waals surface area contributed by atoms with Crippen LogP contribution in [-0.2, 0) is 0 Å². The second kappa shape index (κ2) is 10.8. The van der Waals surface area contributed by atoms with E-state index >= 15 is 0 Å². The molecule has 3 aromatic rings. The lowest BCUT2D eigenvalue weighted by Crippen LogP contribution is -2.15. The second-order valence-electron chi connectivity index (χ2n) is 6.01. The molecule has 0 aliphatic carbocycles. The Morgan fingerprint density at radius 1 is 0.593 bits per heavy atom. The first-order valence-electron chi connectivity index (χ1n) is 9.04. The highest BCUT2D eigenvalue weighted by atomic mass is 31.2. The molecule has 0 fully saturated rings. The zero-order chi connectivity index (χ0) is 18.7. The Bertz CT molecular complexity index is 828. The van der Waals surface area contributed by atoms with Crippen molar-refractivity contribution < 1.29 is 0 Å². The monoisotopic (exact) mass is 386 g/mol. The fourth-order valence-corrected chi connectivity index (χ4v) is 8.76. The van der Waals surface area contributed by atoms with Gasteiger partial charge in [-0.05, 0) is 31.8 Å². The zero-order valence-electron chi connectivity index (χ0n) is 15.4. The smallest absolute Gasteiger partial charge is 0.00351 e. The quantitative estimate of drug-likeness (QED) is 0.322. The maximum atomic E-state index is 3.75. The molecule has 0 amide bonds. The Hall–Kier alpha value is -2.26. The summed E-state index contributed by atoms with van der Waals surface area (Å²) in [6, 6.07) is 32.8. The van der Waals surface area contributed by atoms with Gasteiger partial charge in [-0.25, -0.2) is 0 Å². The van der Waals surface area contributed by atoms with Crippen molar-refractivity contribution >= 4 is 31.8 Å². The van der Waals surface area contributed by atoms with Crippen molar-refractivity contribution in [1.29, 1.82) is 0 Å². The van der Waals surface area contributed by atoms with Crippen molar-refractivity contribution in [3.05, 3.63) is 128 Å². The fourth-order valence-electron chi connectivity index (χ4n) is 2.81. The highest BCUT2D eigenvalue weighted by Crippen LogP contribution is 2.50. The standard InChI is InChI=1S/C25H24P2/c1-2-3-4-14-21-26(23-15-8-5-9-16-23)22-27(24-17-10-6-11-18-24)25-19-12-7-13-20-25/h2-21H,1,22H2/b4-3-,21-14+. The van der Waals surface area contributed by atoms with Gasteiger partial charge < -0.3 is 0 Å². The largest absolute Gasteiger partial charge is 0.0991 e. The fraction of sp³-hybridized carbons (Fsp3) is 0.0400. The van der Waals surface area contributed by atoms with E-state index in [2.05, 4.69) is 116 Å². The predicted octanol–water partition coefficient (Wildman–Crippen LogP) is 6.14. The second-order valence-corrected chi connectivity index (χ2v) is 10.8. The summed E-state index contributed by atoms with van der Waals surface area (Å²) in [6.45, 7) is 3.75. The molecule has 0 bridgehead atoms. The zero-order valence-corrected chi connectivity index (χ0v) is 17.1. The lowest BCUT2D eigenvalue weighted by atomic mass is 10.4. The number of benzene rings is 3. The van der Waals surface area contributed by atoms with Crippen molar-refractivity contribution in [3.63, 3.8) is 0 Å². The van der Waals surface area contributed by atoms with E-state index in [0.29, 0.717) is 0 Å². The SMILES string of the molecule is C=C/C=C\C=C\P(CP(c1ccccc1)c1ccccc1)c1ccccc1. The number of allylic oxidation sites excluding steroid dienone is 4. The average Bonchev–Trinajstić information content (AvgIpc) is 2.75. The van der Waals surface area contributed by atoms with Crippen LogP contribution in [0.5, 0.6) is 0 Å². The van der Waals surface area contributed by atoms with Crippen molar-refractivity contribution in [2.45, 2.75) is 0 Å². The molecule has 0 nitrogen and oxygen atoms in total. The maximum absolute atomic E-state index is 3.75. The van der Waals surface area contributed by atoms with Crippen molar-refractivity contribution in [2.75, 3.05) is 5.90 Å². The summed E-state index contributed by atoms with van der Waals surface area (Å²) in [5, 5.41) is 4.31. The van der Waals surface area contributed by atoms with Gasteiger partial charge in [0.05, 0.1) is 0 Å². The van der Waals surface area contributed by atoms with E-state index in [-0.39, 0.29) is 0 Å². The lowest BCUT2D eigenvalue weighted by molar-refractivity contribution is 1.74. The van der Waals surface area contributed by atoms with Crippen molar-refractivity contribution in [2.24, 2.45) is 0 Å². The topological polar surface area (TPSA) is 0 Å². The minimum absolute atomic E-state index is 0.396. The van der Waals surface area contributed by atoms with Crippen molar-refractivity contribution in [3.8, 4) is 0 Å². The van der Waals surface area contributed by atoms with Crippen molar-refractivity contribution in [1.82, 2.24) is 0 Å². The first-order valence-corrected chi connectivity index (χ1v) is 12.2. The molecule has 134 valence electrons. The lowest BCUT2D eigenvalue weighted by Gasteiger charge is -2.24. The van der Waals surface area contributed by atoms with Gasteiger partial charge in [0, 0.05) is 5.90 Å². The number of hydrogen-bond donors (Lipinski definition) is 0. The highest BCUT2D eigenvalue weighted by molar-refractivity contribution is 7.86. The summed E-state index contributed by atoms with van der Waals surface area (Å²) < 4.78 is 0. The van der Waals surface area contributed by atoms with Crippen LogP contribution in [0.2, 0.25) is 0 Å². The van der Waals surface area contributed by atoms with E-state index < -0.39 is 15.8 Å². The summed E-state index contributed by atoms with van der Waals surface area (Å²) in [7, 11) is -0.801. The van der Waals surface area contributed by atoms with Gasteiger partial charge in [-0.3, -0.25) is 0 Å². The molecular weight excluding hydrogens is 362 g/mol. The van der Waals surface area contributed by atoms with E-state index in [0.717, 1.165) is 5.90 Å². The van der Waals surface area contributed by atoms with Crippen LogP contribution in [0, 0.1) is 0 Å². The summed E-state index contributed by atoms with van der Waals surface area (Å²) >= 11 is 0. The van der Waals surface area contributed by atoms with Gasteiger partial charge in [0.15, 0.2) is 0 Å². The molecule has 3 aromatic carbocycles. The van der Waals surface area contributed by atoms with Gasteiger partial charge in [0.1, 0.15) is 0 Å². The van der Waals surface area contributed by atoms with Gasteiger partial charge in [0.25, 0.3) is 0 Å². The van der Waals surface area contributed by atoms with Crippen LogP contribution < -0.4 is 15.9 Å². The van der Waals surface area contributed by atoms with E-state index in [4.69, 9.17) is 0 Å². The van der Waals surface area contributed by atoms with Crippen LogP contribution in [-0.4, -0.2) is 5.90 Å². The van der Waals surface area contributed by atoms with Gasteiger partial charge in [-0.15, -0.1) is 0 Å². The van der Waals surface area contributed by atoms with Gasteiger partial charge in [-0.2, -0.15) is 0 Å². The maximum Gasteiger partial charge on any atom is 0.00351 e. The predicted molar refractivity (Wildman–Crippen MR) is 125 cm³/mol. The Balaban J connectivity index is 1.95. The first kappa shape index (κ1) is 19.5. The third kappa shape index (κ3) is 5.86. The molecule has 0 radical (unpaired) electrons. The third-order valence-electron chi connectivity index (χ3n) is 4.14. The Morgan fingerprint density at radius 2 is 1.07 bits per heavy atom. The molecule has 1 unspecified atom stereocenters. The summed E-state index contributed by atoms with van der Waals surface area (Å²) in [6.07, 6.45) is 8.03. The van der Waals surface area contributed by atoms with Gasteiger partial charge in [-0.1, -0.05) is 128 Å². The molecule has 0 aliphatic rings. The average molecular weight is 386 g/mol. The Labute approximate surface area is 165 Å².